The van der Waals surface area contributed by atoms with E-state index in [0.717, 1.165) is 32.9 Å². The van der Waals surface area contributed by atoms with E-state index >= 15 is 0 Å². The number of carbonyl (C=O) groups is 3. The van der Waals surface area contributed by atoms with Gasteiger partial charge in [-0.2, -0.15) is 0 Å². The first-order valence-electron chi connectivity index (χ1n) is 10.6. The fraction of sp³-hybridized carbons (Fsp3) is 0.115. The van der Waals surface area contributed by atoms with Gasteiger partial charge in [0.25, 0.3) is 17.1 Å². The second-order valence-electron chi connectivity index (χ2n) is 7.73. The summed E-state index contributed by atoms with van der Waals surface area (Å²) in [5, 5.41) is 3.00. The number of imide groups is 1. The minimum atomic E-state index is -0.330. The maximum Gasteiger partial charge on any atom is 0.293 e. The second kappa shape index (κ2) is 11.1. The van der Waals surface area contributed by atoms with Gasteiger partial charge in [0, 0.05) is 15.2 Å². The number of ether oxygens (including phenoxy) is 1. The minimum absolute atomic E-state index is 0.168. The summed E-state index contributed by atoms with van der Waals surface area (Å²) in [6.07, 6.45) is 1.67. The number of hydrogen-bond donors (Lipinski definition) is 1. The summed E-state index contributed by atoms with van der Waals surface area (Å²) in [6, 6.07) is 19.7. The van der Waals surface area contributed by atoms with Gasteiger partial charge < -0.3 is 10.1 Å². The molecule has 0 spiro atoms. The van der Waals surface area contributed by atoms with E-state index in [1.807, 2.05) is 37.3 Å². The van der Waals surface area contributed by atoms with E-state index < -0.39 is 0 Å². The average molecular weight is 572 g/mol. The van der Waals surface area contributed by atoms with E-state index in [0.29, 0.717) is 21.4 Å². The Bertz CT molecular complexity index is 1330. The molecule has 1 aliphatic heterocycles. The number of thioether (sulfide) groups is 1. The summed E-state index contributed by atoms with van der Waals surface area (Å²) < 4.78 is 6.39. The number of carbonyl (C=O) groups excluding carboxylic acids is 3. The molecule has 0 bridgehead atoms. The second-order valence-corrected chi connectivity index (χ2v) is 9.98. The van der Waals surface area contributed by atoms with E-state index in [4.69, 9.17) is 16.3 Å². The number of nitrogens with one attached hydrogen (secondary N) is 1. The van der Waals surface area contributed by atoms with Gasteiger partial charge in [-0.15, -0.1) is 0 Å². The molecule has 0 radical (unpaired) electrons. The van der Waals surface area contributed by atoms with Crippen molar-refractivity contribution in [1.82, 2.24) is 4.90 Å². The summed E-state index contributed by atoms with van der Waals surface area (Å²) in [4.78, 5) is 39.0. The van der Waals surface area contributed by atoms with Crippen LogP contribution in [0.3, 0.4) is 0 Å². The lowest BCUT2D eigenvalue weighted by molar-refractivity contribution is -0.123. The van der Waals surface area contributed by atoms with Crippen molar-refractivity contribution >= 4 is 68.1 Å². The third-order valence-corrected chi connectivity index (χ3v) is 7.25. The van der Waals surface area contributed by atoms with Crippen molar-refractivity contribution < 1.29 is 19.1 Å². The van der Waals surface area contributed by atoms with Crippen molar-refractivity contribution in [3.8, 4) is 5.75 Å². The summed E-state index contributed by atoms with van der Waals surface area (Å²) in [6.45, 7) is 1.92. The molecule has 0 saturated carbocycles. The Hall–Kier alpha value is -3.07. The van der Waals surface area contributed by atoms with Crippen LogP contribution in [0.1, 0.15) is 16.7 Å². The molecule has 35 heavy (non-hydrogen) atoms. The van der Waals surface area contributed by atoms with Crippen LogP contribution in [0, 0.1) is 6.92 Å². The van der Waals surface area contributed by atoms with Gasteiger partial charge in [0.1, 0.15) is 5.75 Å². The Morgan fingerprint density at radius 1 is 1.11 bits per heavy atom. The Balaban J connectivity index is 1.34. The Kier molecular flexibility index (Phi) is 7.95. The zero-order chi connectivity index (χ0) is 24.9. The first-order valence-corrected chi connectivity index (χ1v) is 12.6. The quantitative estimate of drug-likeness (QED) is 0.321. The highest BCUT2D eigenvalue weighted by molar-refractivity contribution is 9.10. The highest BCUT2D eigenvalue weighted by Crippen LogP contribution is 2.34. The van der Waals surface area contributed by atoms with E-state index in [1.165, 1.54) is 4.90 Å². The Morgan fingerprint density at radius 3 is 2.57 bits per heavy atom. The summed E-state index contributed by atoms with van der Waals surface area (Å²) in [5.41, 5.74) is 3.11. The van der Waals surface area contributed by atoms with Gasteiger partial charge in [0.05, 0.1) is 11.4 Å². The molecule has 4 rings (SSSR count). The molecule has 6 nitrogen and oxygen atoms in total. The monoisotopic (exact) mass is 570 g/mol. The van der Waals surface area contributed by atoms with Crippen molar-refractivity contribution in [2.45, 2.75) is 13.5 Å². The fourth-order valence-corrected chi connectivity index (χ4v) is 4.69. The predicted octanol–water partition coefficient (Wildman–Crippen LogP) is 6.66. The summed E-state index contributed by atoms with van der Waals surface area (Å²) in [5.74, 6) is -0.141. The lowest BCUT2D eigenvalue weighted by Crippen LogP contribution is -2.27. The lowest BCUT2D eigenvalue weighted by Gasteiger charge is -2.13. The molecule has 1 heterocycles. The molecule has 0 aromatic heterocycles. The normalized spacial score (nSPS) is 14.5. The molecular weight excluding hydrogens is 552 g/mol. The van der Waals surface area contributed by atoms with Gasteiger partial charge in [0.2, 0.25) is 0 Å². The molecule has 1 fully saturated rings. The first kappa shape index (κ1) is 25.0. The zero-order valence-corrected chi connectivity index (χ0v) is 21.7. The number of hydrogen-bond acceptors (Lipinski definition) is 5. The van der Waals surface area contributed by atoms with Crippen molar-refractivity contribution in [2.75, 3.05) is 11.9 Å². The average Bonchev–Trinajstić information content (AvgIpc) is 3.09. The Labute approximate surface area is 220 Å². The van der Waals surface area contributed by atoms with E-state index in [-0.39, 0.29) is 30.2 Å². The zero-order valence-electron chi connectivity index (χ0n) is 18.6. The van der Waals surface area contributed by atoms with Crippen LogP contribution >= 0.6 is 39.3 Å². The molecule has 0 atom stereocenters. The summed E-state index contributed by atoms with van der Waals surface area (Å²) >= 11 is 10.4. The van der Waals surface area contributed by atoms with Gasteiger partial charge in [-0.05, 0) is 71.8 Å². The van der Waals surface area contributed by atoms with Gasteiger partial charge in [-0.1, -0.05) is 63.9 Å². The van der Waals surface area contributed by atoms with Crippen molar-refractivity contribution in [3.05, 3.63) is 97.8 Å². The Morgan fingerprint density at radius 2 is 1.86 bits per heavy atom. The summed E-state index contributed by atoms with van der Waals surface area (Å²) in [7, 11) is 0. The number of anilines is 1. The molecular formula is C26H20BrClN2O4S. The fourth-order valence-electron chi connectivity index (χ4n) is 3.26. The van der Waals surface area contributed by atoms with E-state index in [2.05, 4.69) is 21.2 Å². The maximum absolute atomic E-state index is 12.8. The molecule has 1 aliphatic rings. The molecule has 3 amide bonds. The number of amides is 3. The van der Waals surface area contributed by atoms with Crippen molar-refractivity contribution in [3.63, 3.8) is 0 Å². The first-order chi connectivity index (χ1) is 16.8. The van der Waals surface area contributed by atoms with Crippen LogP contribution in [0.2, 0.25) is 5.02 Å². The number of rotatable bonds is 7. The molecule has 0 aliphatic carbocycles. The van der Waals surface area contributed by atoms with E-state index in [1.54, 1.807) is 42.5 Å². The van der Waals surface area contributed by atoms with Crippen LogP contribution in [-0.4, -0.2) is 28.6 Å². The van der Waals surface area contributed by atoms with Crippen LogP contribution in [-0.2, 0) is 16.1 Å². The van der Waals surface area contributed by atoms with Crippen LogP contribution < -0.4 is 10.1 Å². The van der Waals surface area contributed by atoms with Gasteiger partial charge in [-0.3, -0.25) is 19.3 Å². The molecule has 3 aromatic rings. The third kappa shape index (κ3) is 6.33. The third-order valence-electron chi connectivity index (χ3n) is 5.16. The molecule has 1 N–H and O–H groups in total. The van der Waals surface area contributed by atoms with E-state index in [9.17, 15) is 14.4 Å². The topological polar surface area (TPSA) is 75.7 Å². The maximum atomic E-state index is 12.8. The lowest BCUT2D eigenvalue weighted by atomic mass is 10.2. The number of aryl methyl sites for hydroxylation is 1. The molecule has 0 unspecified atom stereocenters. The highest BCUT2D eigenvalue weighted by Gasteiger charge is 2.35. The van der Waals surface area contributed by atoms with Crippen LogP contribution in [0.15, 0.2) is 76.1 Å². The van der Waals surface area contributed by atoms with Gasteiger partial charge >= 0.3 is 0 Å². The molecule has 1 saturated heterocycles. The number of benzene rings is 3. The molecule has 3 aromatic carbocycles. The number of halogens is 2. The van der Waals surface area contributed by atoms with Crippen molar-refractivity contribution in [1.29, 1.82) is 0 Å². The SMILES string of the molecule is Cc1ccc(NC(=O)COc2ccc(/C=C3\SC(=O)N(Cc4ccccc4Br)C3=O)cc2)cc1Cl. The smallest absolute Gasteiger partial charge is 0.293 e. The minimum Gasteiger partial charge on any atom is -0.484 e. The van der Waals surface area contributed by atoms with Gasteiger partial charge in [-0.25, -0.2) is 0 Å². The van der Waals surface area contributed by atoms with Gasteiger partial charge in [0.15, 0.2) is 6.61 Å². The highest BCUT2D eigenvalue weighted by atomic mass is 79.9. The van der Waals surface area contributed by atoms with Crippen LogP contribution in [0.4, 0.5) is 10.5 Å². The van der Waals surface area contributed by atoms with Crippen LogP contribution in [0.25, 0.3) is 6.08 Å². The largest absolute Gasteiger partial charge is 0.484 e. The van der Waals surface area contributed by atoms with Crippen LogP contribution in [0.5, 0.6) is 5.75 Å². The predicted molar refractivity (Wildman–Crippen MR) is 142 cm³/mol. The molecule has 178 valence electrons. The molecule has 9 heteroatoms. The van der Waals surface area contributed by atoms with Crippen molar-refractivity contribution in [2.24, 2.45) is 0 Å². The standard InChI is InChI=1S/C26H20BrClN2O4S/c1-16-6-9-19(13-22(16)28)29-24(31)15-34-20-10-7-17(8-11-20)12-23-25(32)30(26(33)35-23)14-18-4-2-3-5-21(18)27/h2-13H,14-15H2,1H3,(H,29,31)/b23-12-. The number of nitrogens with zero attached hydrogens (tertiary/aromatic N) is 1.